The summed E-state index contributed by atoms with van der Waals surface area (Å²) in [5.41, 5.74) is -0.843. The molecule has 0 saturated heterocycles. The standard InChI is InChI=1S/C16H20F3N5O/c1-10(2)24-14(16(17,18)19)12(8-21-24)15(25)20-7-11-9-23-6-4-3-5-13(23)22-11/h8-10H,3-7H2,1-2H3,(H,20,25). The van der Waals surface area contributed by atoms with Crippen LogP contribution in [0.1, 0.15) is 60.3 Å². The van der Waals surface area contributed by atoms with Gasteiger partial charge in [-0.15, -0.1) is 0 Å². The summed E-state index contributed by atoms with van der Waals surface area (Å²) in [7, 11) is 0. The number of imidazole rings is 1. The molecule has 0 fully saturated rings. The molecule has 3 rings (SSSR count). The third-order valence-electron chi connectivity index (χ3n) is 4.19. The Morgan fingerprint density at radius 3 is 2.76 bits per heavy atom. The predicted octanol–water partition coefficient (Wildman–Crippen LogP) is 2.95. The van der Waals surface area contributed by atoms with Crippen molar-refractivity contribution in [2.45, 2.75) is 58.4 Å². The van der Waals surface area contributed by atoms with Gasteiger partial charge in [0.05, 0.1) is 24.0 Å². The van der Waals surface area contributed by atoms with Crippen molar-refractivity contribution < 1.29 is 18.0 Å². The molecular formula is C16H20F3N5O. The molecule has 6 nitrogen and oxygen atoms in total. The summed E-state index contributed by atoms with van der Waals surface area (Å²) in [5, 5.41) is 6.25. The van der Waals surface area contributed by atoms with Gasteiger partial charge in [0, 0.05) is 25.2 Å². The molecule has 2 aromatic heterocycles. The molecule has 25 heavy (non-hydrogen) atoms. The lowest BCUT2D eigenvalue weighted by molar-refractivity contribution is -0.145. The number of carbonyl (C=O) groups excluding carboxylic acids is 1. The minimum Gasteiger partial charge on any atom is -0.346 e. The zero-order valence-corrected chi connectivity index (χ0v) is 14.1. The monoisotopic (exact) mass is 355 g/mol. The van der Waals surface area contributed by atoms with Gasteiger partial charge in [-0.2, -0.15) is 18.3 Å². The average molecular weight is 355 g/mol. The van der Waals surface area contributed by atoms with Gasteiger partial charge in [0.2, 0.25) is 0 Å². The van der Waals surface area contributed by atoms with Gasteiger partial charge in [-0.25, -0.2) is 4.98 Å². The minimum absolute atomic E-state index is 0.0863. The summed E-state index contributed by atoms with van der Waals surface area (Å²) >= 11 is 0. The van der Waals surface area contributed by atoms with Crippen LogP contribution in [-0.2, 0) is 25.7 Å². The van der Waals surface area contributed by atoms with Crippen molar-refractivity contribution in [1.82, 2.24) is 24.6 Å². The molecule has 0 aliphatic carbocycles. The van der Waals surface area contributed by atoms with Crippen molar-refractivity contribution in [3.8, 4) is 0 Å². The molecular weight excluding hydrogens is 335 g/mol. The molecule has 1 amide bonds. The number of carbonyl (C=O) groups is 1. The van der Waals surface area contributed by atoms with Crippen LogP contribution in [0.2, 0.25) is 0 Å². The van der Waals surface area contributed by atoms with Crippen molar-refractivity contribution in [1.29, 1.82) is 0 Å². The Morgan fingerprint density at radius 1 is 1.36 bits per heavy atom. The van der Waals surface area contributed by atoms with E-state index in [1.165, 1.54) is 0 Å². The normalized spacial score (nSPS) is 14.6. The molecule has 9 heteroatoms. The fourth-order valence-corrected chi connectivity index (χ4v) is 3.03. The molecule has 2 aromatic rings. The second kappa shape index (κ2) is 6.53. The second-order valence-corrected chi connectivity index (χ2v) is 6.42. The molecule has 0 bridgehead atoms. The van der Waals surface area contributed by atoms with E-state index in [0.717, 1.165) is 42.5 Å². The number of fused-ring (bicyclic) bond motifs is 1. The highest BCUT2D eigenvalue weighted by molar-refractivity contribution is 5.95. The molecule has 1 N–H and O–H groups in total. The summed E-state index contributed by atoms with van der Waals surface area (Å²) in [6.45, 7) is 4.14. The van der Waals surface area contributed by atoms with E-state index in [1.54, 1.807) is 13.8 Å². The molecule has 0 atom stereocenters. The number of halogens is 3. The van der Waals surface area contributed by atoms with Crippen LogP contribution in [0.5, 0.6) is 0 Å². The molecule has 1 aliphatic heterocycles. The first-order chi connectivity index (χ1) is 11.8. The molecule has 1 aliphatic rings. The first kappa shape index (κ1) is 17.5. The lowest BCUT2D eigenvalue weighted by atomic mass is 10.2. The van der Waals surface area contributed by atoms with Crippen LogP contribution in [0, 0.1) is 0 Å². The highest BCUT2D eigenvalue weighted by atomic mass is 19.4. The third-order valence-corrected chi connectivity index (χ3v) is 4.19. The van der Waals surface area contributed by atoms with Crippen LogP contribution in [0.15, 0.2) is 12.4 Å². The highest BCUT2D eigenvalue weighted by Crippen LogP contribution is 2.33. The van der Waals surface area contributed by atoms with E-state index in [2.05, 4.69) is 15.4 Å². The summed E-state index contributed by atoms with van der Waals surface area (Å²) < 4.78 is 42.8. The molecule has 0 aromatic carbocycles. The van der Waals surface area contributed by atoms with Crippen molar-refractivity contribution in [3.63, 3.8) is 0 Å². The smallest absolute Gasteiger partial charge is 0.346 e. The average Bonchev–Trinajstić information content (AvgIpc) is 3.15. The quantitative estimate of drug-likeness (QED) is 0.917. The zero-order chi connectivity index (χ0) is 18.2. The SMILES string of the molecule is CC(C)n1ncc(C(=O)NCc2cn3c(n2)CCCC3)c1C(F)(F)F. The first-order valence-electron chi connectivity index (χ1n) is 8.25. The van der Waals surface area contributed by atoms with Crippen LogP contribution < -0.4 is 5.32 Å². The molecule has 0 unspecified atom stereocenters. The number of nitrogens with zero attached hydrogens (tertiary/aromatic N) is 4. The van der Waals surface area contributed by atoms with Crippen LogP contribution in [-0.4, -0.2) is 25.2 Å². The number of amides is 1. The maximum Gasteiger partial charge on any atom is 0.433 e. The number of hydrogen-bond acceptors (Lipinski definition) is 3. The van der Waals surface area contributed by atoms with Gasteiger partial charge in [0.25, 0.3) is 5.91 Å². The Balaban J connectivity index is 1.76. The van der Waals surface area contributed by atoms with E-state index >= 15 is 0 Å². The number of hydrogen-bond donors (Lipinski definition) is 1. The predicted molar refractivity (Wildman–Crippen MR) is 83.9 cm³/mol. The molecule has 0 spiro atoms. The fraction of sp³-hybridized carbons (Fsp3) is 0.562. The van der Waals surface area contributed by atoms with Crippen LogP contribution >= 0.6 is 0 Å². The van der Waals surface area contributed by atoms with Gasteiger partial charge in [-0.05, 0) is 26.7 Å². The Morgan fingerprint density at radius 2 is 2.12 bits per heavy atom. The van der Waals surface area contributed by atoms with Gasteiger partial charge < -0.3 is 9.88 Å². The Kier molecular flexibility index (Phi) is 4.57. The Hall–Kier alpha value is -2.32. The van der Waals surface area contributed by atoms with Crippen molar-refractivity contribution >= 4 is 5.91 Å². The zero-order valence-electron chi connectivity index (χ0n) is 14.1. The van der Waals surface area contributed by atoms with Gasteiger partial charge in [-0.3, -0.25) is 9.48 Å². The number of alkyl halides is 3. The van der Waals surface area contributed by atoms with Gasteiger partial charge in [0.15, 0.2) is 5.69 Å². The van der Waals surface area contributed by atoms with E-state index in [9.17, 15) is 18.0 Å². The Bertz CT molecular complexity index is 752. The number of aromatic nitrogens is 4. The van der Waals surface area contributed by atoms with Crippen molar-refractivity contribution in [2.24, 2.45) is 0 Å². The van der Waals surface area contributed by atoms with E-state index in [1.807, 2.05) is 10.8 Å². The summed E-state index contributed by atoms with van der Waals surface area (Å²) in [4.78, 5) is 16.7. The second-order valence-electron chi connectivity index (χ2n) is 6.42. The van der Waals surface area contributed by atoms with E-state index in [-0.39, 0.29) is 6.54 Å². The Labute approximate surface area is 143 Å². The third kappa shape index (κ3) is 3.54. The molecule has 0 radical (unpaired) electrons. The highest BCUT2D eigenvalue weighted by Gasteiger charge is 2.40. The number of aryl methyl sites for hydroxylation is 2. The maximum absolute atomic E-state index is 13.3. The van der Waals surface area contributed by atoms with Crippen LogP contribution in [0.25, 0.3) is 0 Å². The van der Waals surface area contributed by atoms with Crippen molar-refractivity contribution in [2.75, 3.05) is 0 Å². The molecule has 0 saturated carbocycles. The lowest BCUT2D eigenvalue weighted by Gasteiger charge is -2.14. The fourth-order valence-electron chi connectivity index (χ4n) is 3.03. The van der Waals surface area contributed by atoms with E-state index < -0.39 is 29.4 Å². The summed E-state index contributed by atoms with van der Waals surface area (Å²) in [6.07, 6.45) is 1.20. The molecule has 136 valence electrons. The summed E-state index contributed by atoms with van der Waals surface area (Å²) in [6, 6.07) is -0.502. The van der Waals surface area contributed by atoms with Crippen LogP contribution in [0.3, 0.4) is 0 Å². The molecule has 3 heterocycles. The van der Waals surface area contributed by atoms with E-state index in [0.29, 0.717) is 5.69 Å². The minimum atomic E-state index is -4.65. The maximum atomic E-state index is 13.3. The topological polar surface area (TPSA) is 64.7 Å². The van der Waals surface area contributed by atoms with Crippen molar-refractivity contribution in [3.05, 3.63) is 35.2 Å². The lowest BCUT2D eigenvalue weighted by Crippen LogP contribution is -2.27. The van der Waals surface area contributed by atoms with Crippen LogP contribution in [0.4, 0.5) is 13.2 Å². The number of nitrogens with one attached hydrogen (secondary N) is 1. The van der Waals surface area contributed by atoms with Gasteiger partial charge in [-0.1, -0.05) is 0 Å². The van der Waals surface area contributed by atoms with Gasteiger partial charge >= 0.3 is 6.18 Å². The van der Waals surface area contributed by atoms with Gasteiger partial charge in [0.1, 0.15) is 5.82 Å². The summed E-state index contributed by atoms with van der Waals surface area (Å²) in [5.74, 6) is 0.157. The first-order valence-corrected chi connectivity index (χ1v) is 8.25. The number of rotatable bonds is 4. The van der Waals surface area contributed by atoms with E-state index in [4.69, 9.17) is 0 Å². The largest absolute Gasteiger partial charge is 0.433 e.